The molecule has 3 nitrogen and oxygen atoms in total. The van der Waals surface area contributed by atoms with Crippen LogP contribution in [0.15, 0.2) is 0 Å². The SMILES string of the molecule is CCOC(=O)NCC1(C)CCCS1. The molecule has 1 aliphatic rings. The van der Waals surface area contributed by atoms with Crippen molar-refractivity contribution in [3.05, 3.63) is 0 Å². The summed E-state index contributed by atoms with van der Waals surface area (Å²) in [5, 5.41) is 2.78. The highest BCUT2D eigenvalue weighted by Gasteiger charge is 2.29. The number of ether oxygens (including phenoxy) is 1. The van der Waals surface area contributed by atoms with Gasteiger partial charge in [-0.15, -0.1) is 0 Å². The van der Waals surface area contributed by atoms with Gasteiger partial charge in [-0.25, -0.2) is 4.79 Å². The van der Waals surface area contributed by atoms with E-state index in [0.29, 0.717) is 6.61 Å². The average Bonchev–Trinajstić information content (AvgIpc) is 2.51. The molecule has 0 aromatic heterocycles. The summed E-state index contributed by atoms with van der Waals surface area (Å²) in [6.45, 7) is 5.16. The molecular weight excluding hydrogens is 186 g/mol. The zero-order valence-electron chi connectivity index (χ0n) is 8.26. The van der Waals surface area contributed by atoms with Crippen molar-refractivity contribution in [3.63, 3.8) is 0 Å². The molecule has 0 aromatic carbocycles. The highest BCUT2D eigenvalue weighted by atomic mass is 32.2. The largest absolute Gasteiger partial charge is 0.450 e. The lowest BCUT2D eigenvalue weighted by atomic mass is 10.1. The second-order valence-electron chi connectivity index (χ2n) is 3.48. The van der Waals surface area contributed by atoms with Gasteiger partial charge in [-0.2, -0.15) is 11.8 Å². The quantitative estimate of drug-likeness (QED) is 0.762. The van der Waals surface area contributed by atoms with Gasteiger partial charge in [0.1, 0.15) is 0 Å². The molecule has 4 heteroatoms. The molecule has 0 bridgehead atoms. The normalized spacial score (nSPS) is 27.2. The van der Waals surface area contributed by atoms with Crippen LogP contribution in [-0.4, -0.2) is 29.7 Å². The van der Waals surface area contributed by atoms with Gasteiger partial charge in [-0.05, 0) is 32.4 Å². The lowest BCUT2D eigenvalue weighted by Crippen LogP contribution is -2.37. The smallest absolute Gasteiger partial charge is 0.407 e. The summed E-state index contributed by atoms with van der Waals surface area (Å²) in [4.78, 5) is 11.0. The number of nitrogens with one attached hydrogen (secondary N) is 1. The first kappa shape index (κ1) is 10.7. The van der Waals surface area contributed by atoms with E-state index in [1.54, 1.807) is 0 Å². The summed E-state index contributed by atoms with van der Waals surface area (Å²) in [6, 6.07) is 0. The first-order valence-electron chi connectivity index (χ1n) is 4.71. The Labute approximate surface area is 83.6 Å². The van der Waals surface area contributed by atoms with Crippen LogP contribution in [0.1, 0.15) is 26.7 Å². The second kappa shape index (κ2) is 4.74. The molecule has 1 unspecified atom stereocenters. The average molecular weight is 203 g/mol. The Kier molecular flexibility index (Phi) is 3.90. The maximum atomic E-state index is 11.0. The first-order valence-corrected chi connectivity index (χ1v) is 5.69. The topological polar surface area (TPSA) is 38.3 Å². The number of hydrogen-bond acceptors (Lipinski definition) is 3. The van der Waals surface area contributed by atoms with Gasteiger partial charge >= 0.3 is 6.09 Å². The monoisotopic (exact) mass is 203 g/mol. The summed E-state index contributed by atoms with van der Waals surface area (Å²) in [5.74, 6) is 1.21. The lowest BCUT2D eigenvalue weighted by Gasteiger charge is -2.22. The molecule has 0 aliphatic carbocycles. The maximum absolute atomic E-state index is 11.0. The molecule has 0 radical (unpaired) electrons. The zero-order chi connectivity index (χ0) is 9.73. The molecule has 76 valence electrons. The number of carbonyl (C=O) groups is 1. The number of hydrogen-bond donors (Lipinski definition) is 1. The summed E-state index contributed by atoms with van der Waals surface area (Å²) >= 11 is 1.93. The van der Waals surface area contributed by atoms with Crippen molar-refractivity contribution in [2.75, 3.05) is 18.9 Å². The van der Waals surface area contributed by atoms with Crippen LogP contribution < -0.4 is 5.32 Å². The molecule has 0 saturated carbocycles. The van der Waals surface area contributed by atoms with E-state index in [4.69, 9.17) is 4.74 Å². The van der Waals surface area contributed by atoms with E-state index < -0.39 is 0 Å². The van der Waals surface area contributed by atoms with E-state index >= 15 is 0 Å². The number of amides is 1. The van der Waals surface area contributed by atoms with Gasteiger partial charge in [-0.1, -0.05) is 0 Å². The summed E-state index contributed by atoms with van der Waals surface area (Å²) in [5.41, 5.74) is 0. The first-order chi connectivity index (χ1) is 6.16. The van der Waals surface area contributed by atoms with Gasteiger partial charge in [0, 0.05) is 11.3 Å². The third kappa shape index (κ3) is 3.46. The second-order valence-corrected chi connectivity index (χ2v) is 5.16. The Morgan fingerprint density at radius 3 is 3.00 bits per heavy atom. The number of alkyl carbamates (subject to hydrolysis) is 1. The van der Waals surface area contributed by atoms with Gasteiger partial charge < -0.3 is 10.1 Å². The fraction of sp³-hybridized carbons (Fsp3) is 0.889. The van der Waals surface area contributed by atoms with Crippen LogP contribution in [0.25, 0.3) is 0 Å². The molecule has 1 saturated heterocycles. The Morgan fingerprint density at radius 1 is 1.69 bits per heavy atom. The molecule has 0 spiro atoms. The van der Waals surface area contributed by atoms with Crippen molar-refractivity contribution >= 4 is 17.9 Å². The Morgan fingerprint density at radius 2 is 2.46 bits per heavy atom. The predicted molar refractivity (Wildman–Crippen MR) is 55.1 cm³/mol. The van der Waals surface area contributed by atoms with E-state index in [0.717, 1.165) is 6.54 Å². The van der Waals surface area contributed by atoms with Gasteiger partial charge in [-0.3, -0.25) is 0 Å². The summed E-state index contributed by atoms with van der Waals surface area (Å²) in [6.07, 6.45) is 2.15. The van der Waals surface area contributed by atoms with Crippen LogP contribution in [0.2, 0.25) is 0 Å². The fourth-order valence-corrected chi connectivity index (χ4v) is 2.66. The van der Waals surface area contributed by atoms with Crippen LogP contribution in [-0.2, 0) is 4.74 Å². The fourth-order valence-electron chi connectivity index (χ4n) is 1.42. The van der Waals surface area contributed by atoms with E-state index in [2.05, 4.69) is 12.2 Å². The molecule has 1 atom stereocenters. The minimum absolute atomic E-state index is 0.229. The van der Waals surface area contributed by atoms with Crippen molar-refractivity contribution in [2.45, 2.75) is 31.4 Å². The van der Waals surface area contributed by atoms with E-state index in [1.165, 1.54) is 18.6 Å². The number of thioether (sulfide) groups is 1. The van der Waals surface area contributed by atoms with E-state index in [9.17, 15) is 4.79 Å². The highest BCUT2D eigenvalue weighted by Crippen LogP contribution is 2.36. The van der Waals surface area contributed by atoms with Gasteiger partial charge in [0.05, 0.1) is 6.61 Å². The molecule has 1 N–H and O–H groups in total. The van der Waals surface area contributed by atoms with Gasteiger partial charge in [0.25, 0.3) is 0 Å². The Hall–Kier alpha value is -0.380. The van der Waals surface area contributed by atoms with Crippen molar-refractivity contribution in [1.82, 2.24) is 5.32 Å². The van der Waals surface area contributed by atoms with Crippen molar-refractivity contribution < 1.29 is 9.53 Å². The number of rotatable bonds is 3. The minimum Gasteiger partial charge on any atom is -0.450 e. The lowest BCUT2D eigenvalue weighted by molar-refractivity contribution is 0.151. The van der Waals surface area contributed by atoms with Crippen molar-refractivity contribution in [1.29, 1.82) is 0 Å². The van der Waals surface area contributed by atoms with Crippen LogP contribution in [0, 0.1) is 0 Å². The van der Waals surface area contributed by atoms with Crippen LogP contribution in [0.5, 0.6) is 0 Å². The molecule has 1 aliphatic heterocycles. The summed E-state index contributed by atoms with van der Waals surface area (Å²) in [7, 11) is 0. The Bertz CT molecular complexity index is 178. The maximum Gasteiger partial charge on any atom is 0.407 e. The van der Waals surface area contributed by atoms with E-state index in [1.807, 2.05) is 18.7 Å². The third-order valence-electron chi connectivity index (χ3n) is 2.18. The summed E-state index contributed by atoms with van der Waals surface area (Å²) < 4.78 is 5.02. The molecule has 1 heterocycles. The van der Waals surface area contributed by atoms with Crippen molar-refractivity contribution in [3.8, 4) is 0 Å². The molecule has 13 heavy (non-hydrogen) atoms. The van der Waals surface area contributed by atoms with Crippen molar-refractivity contribution in [2.24, 2.45) is 0 Å². The minimum atomic E-state index is -0.295. The van der Waals surface area contributed by atoms with E-state index in [-0.39, 0.29) is 10.8 Å². The molecule has 0 aromatic rings. The molecule has 1 fully saturated rings. The van der Waals surface area contributed by atoms with Crippen LogP contribution in [0.3, 0.4) is 0 Å². The predicted octanol–water partition coefficient (Wildman–Crippen LogP) is 2.02. The van der Waals surface area contributed by atoms with Gasteiger partial charge in [0.15, 0.2) is 0 Å². The molecule has 1 rings (SSSR count). The number of carbonyl (C=O) groups excluding carboxylic acids is 1. The molecule has 1 amide bonds. The highest BCUT2D eigenvalue weighted by molar-refractivity contribution is 8.00. The van der Waals surface area contributed by atoms with Crippen LogP contribution in [0.4, 0.5) is 4.79 Å². The van der Waals surface area contributed by atoms with Gasteiger partial charge in [0.2, 0.25) is 0 Å². The van der Waals surface area contributed by atoms with Crippen LogP contribution >= 0.6 is 11.8 Å². The molecular formula is C9H17NO2S. The third-order valence-corrected chi connectivity index (χ3v) is 3.72. The standard InChI is InChI=1S/C9H17NO2S/c1-3-12-8(11)10-7-9(2)5-4-6-13-9/h3-7H2,1-2H3,(H,10,11). The zero-order valence-corrected chi connectivity index (χ0v) is 9.08. The Balaban J connectivity index is 2.21.